The number of nitrogens with zero attached hydrogens (tertiary/aromatic N) is 2. The average molecular weight is 350 g/mol. The zero-order chi connectivity index (χ0) is 18.4. The van der Waals surface area contributed by atoms with Crippen LogP contribution >= 0.6 is 0 Å². The molecular formula is C16H22N4O5. The van der Waals surface area contributed by atoms with E-state index in [1.54, 1.807) is 0 Å². The van der Waals surface area contributed by atoms with Crippen LogP contribution in [0.5, 0.6) is 0 Å². The van der Waals surface area contributed by atoms with Gasteiger partial charge in [-0.25, -0.2) is 0 Å². The first-order valence-corrected chi connectivity index (χ1v) is 8.36. The number of nitrogens with two attached hydrogens (primary N) is 1. The lowest BCUT2D eigenvalue weighted by atomic mass is 9.97. The van der Waals surface area contributed by atoms with Crippen molar-refractivity contribution in [2.24, 2.45) is 5.73 Å². The number of hydrogen-bond donors (Lipinski definition) is 2. The normalized spacial score (nSPS) is 15.8. The van der Waals surface area contributed by atoms with Gasteiger partial charge in [0.1, 0.15) is 12.1 Å². The summed E-state index contributed by atoms with van der Waals surface area (Å²) in [5.41, 5.74) is 3.30. The Morgan fingerprint density at radius 3 is 2.40 bits per heavy atom. The monoisotopic (exact) mass is 350 g/mol. The number of primary amides is 1. The summed E-state index contributed by atoms with van der Waals surface area (Å²) >= 11 is 0. The highest BCUT2D eigenvalue weighted by Crippen LogP contribution is 2.17. The molecule has 9 heteroatoms. The Kier molecular flexibility index (Phi) is 6.26. The zero-order valence-corrected chi connectivity index (χ0v) is 13.9. The molecule has 136 valence electrons. The van der Waals surface area contributed by atoms with Crippen molar-refractivity contribution in [3.05, 3.63) is 38.3 Å². The number of hydrogen-bond acceptors (Lipinski definition) is 5. The van der Waals surface area contributed by atoms with Gasteiger partial charge in [-0.1, -0.05) is 32.1 Å². The van der Waals surface area contributed by atoms with Crippen LogP contribution in [-0.4, -0.2) is 27.3 Å². The smallest absolute Gasteiger partial charge is 0.286 e. The largest absolute Gasteiger partial charge is 0.365 e. The van der Waals surface area contributed by atoms with E-state index in [1.807, 2.05) is 0 Å². The SMILES string of the molecule is NC(=O)c1cc([N+](=O)[O-])cn(CC(=O)NC2CCCCCCC2)c1=O. The predicted octanol–water partition coefficient (Wildman–Crippen LogP) is 1.08. The summed E-state index contributed by atoms with van der Waals surface area (Å²) < 4.78 is 0.858. The summed E-state index contributed by atoms with van der Waals surface area (Å²) in [5, 5.41) is 13.8. The van der Waals surface area contributed by atoms with Gasteiger partial charge in [0.05, 0.1) is 11.1 Å². The molecule has 0 saturated heterocycles. The summed E-state index contributed by atoms with van der Waals surface area (Å²) in [4.78, 5) is 45.9. The molecule has 1 fully saturated rings. The van der Waals surface area contributed by atoms with E-state index in [0.29, 0.717) is 0 Å². The van der Waals surface area contributed by atoms with Crippen molar-refractivity contribution in [2.75, 3.05) is 0 Å². The maximum absolute atomic E-state index is 12.2. The van der Waals surface area contributed by atoms with Crippen molar-refractivity contribution in [2.45, 2.75) is 57.5 Å². The molecule has 0 radical (unpaired) electrons. The summed E-state index contributed by atoms with van der Waals surface area (Å²) in [5.74, 6) is -1.48. The number of rotatable bonds is 5. The summed E-state index contributed by atoms with van der Waals surface area (Å²) in [6, 6.07) is 0.867. The van der Waals surface area contributed by atoms with E-state index in [9.17, 15) is 24.5 Å². The highest BCUT2D eigenvalue weighted by molar-refractivity contribution is 5.93. The quantitative estimate of drug-likeness (QED) is 0.604. The van der Waals surface area contributed by atoms with Crippen LogP contribution in [0, 0.1) is 10.1 Å². The van der Waals surface area contributed by atoms with Crippen molar-refractivity contribution in [3.8, 4) is 0 Å². The van der Waals surface area contributed by atoms with Gasteiger partial charge in [0, 0.05) is 12.1 Å². The number of pyridine rings is 1. The third kappa shape index (κ3) is 5.13. The average Bonchev–Trinajstić information content (AvgIpc) is 2.51. The van der Waals surface area contributed by atoms with Gasteiger partial charge in [-0.15, -0.1) is 0 Å². The fourth-order valence-corrected chi connectivity index (χ4v) is 3.04. The molecular weight excluding hydrogens is 328 g/mol. The van der Waals surface area contributed by atoms with Gasteiger partial charge < -0.3 is 11.1 Å². The highest BCUT2D eigenvalue weighted by Gasteiger charge is 2.20. The first-order valence-electron chi connectivity index (χ1n) is 8.36. The van der Waals surface area contributed by atoms with Gasteiger partial charge in [-0.2, -0.15) is 0 Å². The van der Waals surface area contributed by atoms with Crippen LogP contribution in [-0.2, 0) is 11.3 Å². The standard InChI is InChI=1S/C16H22N4O5/c17-15(22)13-8-12(20(24)25)9-19(16(13)23)10-14(21)18-11-6-4-2-1-3-5-7-11/h8-9,11H,1-7,10H2,(H2,17,22)(H,18,21). The molecule has 1 aliphatic carbocycles. The lowest BCUT2D eigenvalue weighted by molar-refractivity contribution is -0.385. The van der Waals surface area contributed by atoms with Crippen molar-refractivity contribution < 1.29 is 14.5 Å². The molecule has 3 N–H and O–H groups in total. The molecule has 9 nitrogen and oxygen atoms in total. The Balaban J connectivity index is 2.15. The van der Waals surface area contributed by atoms with Gasteiger partial charge in [0.15, 0.2) is 0 Å². The molecule has 2 amide bonds. The molecule has 0 aliphatic heterocycles. The lowest BCUT2D eigenvalue weighted by Gasteiger charge is -2.21. The van der Waals surface area contributed by atoms with E-state index < -0.39 is 40.1 Å². The van der Waals surface area contributed by atoms with Crippen LogP contribution in [0.2, 0.25) is 0 Å². The minimum Gasteiger partial charge on any atom is -0.365 e. The van der Waals surface area contributed by atoms with Crippen molar-refractivity contribution in [1.29, 1.82) is 0 Å². The second kappa shape index (κ2) is 8.41. The first-order chi connectivity index (χ1) is 11.9. The van der Waals surface area contributed by atoms with E-state index in [-0.39, 0.29) is 6.04 Å². The van der Waals surface area contributed by atoms with E-state index in [1.165, 1.54) is 6.42 Å². The molecule has 0 atom stereocenters. The van der Waals surface area contributed by atoms with Crippen LogP contribution in [0.1, 0.15) is 55.3 Å². The molecule has 0 bridgehead atoms. The summed E-state index contributed by atoms with van der Waals surface area (Å²) in [6.45, 7) is -0.392. The maximum atomic E-state index is 12.2. The van der Waals surface area contributed by atoms with Crippen LogP contribution in [0.4, 0.5) is 5.69 Å². The Morgan fingerprint density at radius 2 is 1.84 bits per heavy atom. The van der Waals surface area contributed by atoms with Crippen LogP contribution < -0.4 is 16.6 Å². The van der Waals surface area contributed by atoms with Crippen LogP contribution in [0.15, 0.2) is 17.1 Å². The van der Waals surface area contributed by atoms with Gasteiger partial charge in [-0.05, 0) is 12.8 Å². The number of nitrogens with one attached hydrogen (secondary N) is 1. The minimum absolute atomic E-state index is 0.0396. The Labute approximate surface area is 144 Å². The Hall–Kier alpha value is -2.71. The second-order valence-electron chi connectivity index (χ2n) is 6.28. The molecule has 1 aromatic heterocycles. The second-order valence-corrected chi connectivity index (χ2v) is 6.28. The Bertz CT molecular complexity index is 720. The van der Waals surface area contributed by atoms with E-state index in [4.69, 9.17) is 5.73 Å². The predicted molar refractivity (Wildman–Crippen MR) is 90.1 cm³/mol. The third-order valence-corrected chi connectivity index (χ3v) is 4.33. The molecule has 2 rings (SSSR count). The molecule has 1 heterocycles. The van der Waals surface area contributed by atoms with Gasteiger partial charge in [0.25, 0.3) is 17.2 Å². The Morgan fingerprint density at radius 1 is 1.24 bits per heavy atom. The van der Waals surface area contributed by atoms with Crippen molar-refractivity contribution in [3.63, 3.8) is 0 Å². The molecule has 0 unspecified atom stereocenters. The lowest BCUT2D eigenvalue weighted by Crippen LogP contribution is -2.40. The highest BCUT2D eigenvalue weighted by atomic mass is 16.6. The molecule has 25 heavy (non-hydrogen) atoms. The van der Waals surface area contributed by atoms with Crippen LogP contribution in [0.3, 0.4) is 0 Å². The van der Waals surface area contributed by atoms with E-state index in [0.717, 1.165) is 55.4 Å². The summed E-state index contributed by atoms with van der Waals surface area (Å²) in [6.07, 6.45) is 8.26. The summed E-state index contributed by atoms with van der Waals surface area (Å²) in [7, 11) is 0. The van der Waals surface area contributed by atoms with Gasteiger partial charge in [0.2, 0.25) is 5.91 Å². The number of carbonyl (C=O) groups is 2. The van der Waals surface area contributed by atoms with Crippen molar-refractivity contribution >= 4 is 17.5 Å². The zero-order valence-electron chi connectivity index (χ0n) is 13.9. The van der Waals surface area contributed by atoms with Crippen molar-refractivity contribution in [1.82, 2.24) is 9.88 Å². The van der Waals surface area contributed by atoms with Gasteiger partial charge in [-0.3, -0.25) is 29.1 Å². The fraction of sp³-hybridized carbons (Fsp3) is 0.562. The maximum Gasteiger partial charge on any atom is 0.286 e. The number of nitro groups is 1. The number of aromatic nitrogens is 1. The van der Waals surface area contributed by atoms with Crippen LogP contribution in [0.25, 0.3) is 0 Å². The fourth-order valence-electron chi connectivity index (χ4n) is 3.04. The topological polar surface area (TPSA) is 137 Å². The van der Waals surface area contributed by atoms with E-state index in [2.05, 4.69) is 5.32 Å². The minimum atomic E-state index is -1.07. The first kappa shape index (κ1) is 18.6. The third-order valence-electron chi connectivity index (χ3n) is 4.33. The number of amides is 2. The molecule has 1 aromatic rings. The van der Waals surface area contributed by atoms with E-state index >= 15 is 0 Å². The molecule has 1 saturated carbocycles. The van der Waals surface area contributed by atoms with Gasteiger partial charge >= 0.3 is 0 Å². The molecule has 1 aliphatic rings. The number of carbonyl (C=O) groups excluding carboxylic acids is 2. The molecule has 0 spiro atoms. The molecule has 0 aromatic carbocycles.